The van der Waals surface area contributed by atoms with Gasteiger partial charge in [-0.15, -0.1) is 0 Å². The van der Waals surface area contributed by atoms with Crippen molar-refractivity contribution < 1.29 is 8.76 Å². The topological polar surface area (TPSA) is 120 Å². The Labute approximate surface area is 226 Å². The molecule has 0 amide bonds. The van der Waals surface area contributed by atoms with Gasteiger partial charge in [-0.2, -0.15) is 10.1 Å². The number of rotatable bonds is 8. The molecule has 194 valence electrons. The second-order valence-electron chi connectivity index (χ2n) is 9.19. The van der Waals surface area contributed by atoms with E-state index >= 15 is 0 Å². The number of nitrogens with zero attached hydrogens (tertiary/aromatic N) is 5. The number of benzene rings is 2. The lowest BCUT2D eigenvalue weighted by Gasteiger charge is -2.28. The summed E-state index contributed by atoms with van der Waals surface area (Å²) in [7, 11) is 4.16. The van der Waals surface area contributed by atoms with Gasteiger partial charge in [-0.1, -0.05) is 18.2 Å². The number of aromatic nitrogens is 4. The number of para-hydroxylation sites is 1. The fourth-order valence-corrected chi connectivity index (χ4v) is 5.22. The quantitative estimate of drug-likeness (QED) is 0.221. The van der Waals surface area contributed by atoms with Crippen molar-refractivity contribution in [2.24, 2.45) is 7.05 Å². The van der Waals surface area contributed by atoms with Crippen molar-refractivity contribution in [3.8, 4) is 0 Å². The Balaban J connectivity index is 1.36. The molecule has 1 fully saturated rings. The summed E-state index contributed by atoms with van der Waals surface area (Å²) in [6.07, 6.45) is 3.94. The monoisotopic (exact) mass is 584 g/mol. The van der Waals surface area contributed by atoms with Crippen LogP contribution in [0.4, 0.5) is 23.1 Å². The Kier molecular flexibility index (Phi) is 7.81. The van der Waals surface area contributed by atoms with E-state index in [0.29, 0.717) is 22.2 Å². The molecule has 2 aromatic carbocycles. The summed E-state index contributed by atoms with van der Waals surface area (Å²) in [6.45, 7) is 2.42. The Morgan fingerprint density at radius 3 is 2.70 bits per heavy atom. The van der Waals surface area contributed by atoms with Gasteiger partial charge >= 0.3 is 0 Å². The van der Waals surface area contributed by atoms with Crippen LogP contribution in [-0.2, 0) is 24.9 Å². The largest absolute Gasteiger partial charge is 0.339 e. The summed E-state index contributed by atoms with van der Waals surface area (Å²) < 4.78 is 25.3. The van der Waals surface area contributed by atoms with Gasteiger partial charge in [0.05, 0.1) is 15.7 Å². The number of fused-ring (bicyclic) bond motifs is 1. The SMILES string of the molecule is CN1CCC(c2nn(C)c3cc(Nc4ncc(Br)c(Nc5ccccc5CNS(=O)O)n4)ccc23)CC1. The van der Waals surface area contributed by atoms with Gasteiger partial charge in [0, 0.05) is 42.5 Å². The summed E-state index contributed by atoms with van der Waals surface area (Å²) in [6, 6.07) is 13.8. The molecule has 37 heavy (non-hydrogen) atoms. The van der Waals surface area contributed by atoms with E-state index in [9.17, 15) is 4.21 Å². The second kappa shape index (κ2) is 11.2. The van der Waals surface area contributed by atoms with Crippen LogP contribution in [0, 0.1) is 0 Å². The zero-order chi connectivity index (χ0) is 25.9. The normalized spacial score (nSPS) is 15.7. The molecule has 0 aliphatic carbocycles. The van der Waals surface area contributed by atoms with Gasteiger partial charge in [0.1, 0.15) is 5.82 Å². The van der Waals surface area contributed by atoms with Crippen LogP contribution >= 0.6 is 15.9 Å². The minimum atomic E-state index is -2.10. The smallest absolute Gasteiger partial charge is 0.232 e. The molecule has 0 saturated carbocycles. The predicted molar refractivity (Wildman–Crippen MR) is 151 cm³/mol. The third-order valence-corrected chi connectivity index (χ3v) is 7.61. The Hall–Kier alpha value is -2.90. The Morgan fingerprint density at radius 2 is 1.92 bits per heavy atom. The highest BCUT2D eigenvalue weighted by atomic mass is 79.9. The average molecular weight is 586 g/mol. The third kappa shape index (κ3) is 5.99. The van der Waals surface area contributed by atoms with E-state index in [1.807, 2.05) is 42.1 Å². The molecular formula is C25H29BrN8O2S. The van der Waals surface area contributed by atoms with E-state index in [-0.39, 0.29) is 6.54 Å². The van der Waals surface area contributed by atoms with E-state index in [1.54, 1.807) is 6.20 Å². The van der Waals surface area contributed by atoms with Crippen molar-refractivity contribution in [1.29, 1.82) is 0 Å². The lowest BCUT2D eigenvalue weighted by Crippen LogP contribution is -2.29. The highest BCUT2D eigenvalue weighted by Crippen LogP contribution is 2.34. The number of aryl methyl sites for hydroxylation is 1. The van der Waals surface area contributed by atoms with E-state index in [0.717, 1.165) is 48.4 Å². The van der Waals surface area contributed by atoms with E-state index in [1.165, 1.54) is 11.1 Å². The fraction of sp³-hybridized carbons (Fsp3) is 0.320. The Bertz CT molecular complexity index is 1440. The molecule has 1 saturated heterocycles. The highest BCUT2D eigenvalue weighted by molar-refractivity contribution is 9.10. The molecule has 10 nitrogen and oxygen atoms in total. The zero-order valence-electron chi connectivity index (χ0n) is 20.6. The summed E-state index contributed by atoms with van der Waals surface area (Å²) in [5.41, 5.74) is 4.71. The van der Waals surface area contributed by atoms with Crippen molar-refractivity contribution in [2.45, 2.75) is 25.3 Å². The first-order valence-corrected chi connectivity index (χ1v) is 13.9. The van der Waals surface area contributed by atoms with Crippen molar-refractivity contribution >= 4 is 61.2 Å². The minimum Gasteiger partial charge on any atom is -0.339 e. The lowest BCUT2D eigenvalue weighted by atomic mass is 9.92. The summed E-state index contributed by atoms with van der Waals surface area (Å²) in [5.74, 6) is 1.49. The van der Waals surface area contributed by atoms with Gasteiger partial charge < -0.3 is 15.5 Å². The average Bonchev–Trinajstić information content (AvgIpc) is 3.21. The molecule has 5 rings (SSSR count). The summed E-state index contributed by atoms with van der Waals surface area (Å²) in [4.78, 5) is 11.4. The van der Waals surface area contributed by atoms with Crippen LogP contribution in [0.5, 0.6) is 0 Å². The maximum Gasteiger partial charge on any atom is 0.232 e. The van der Waals surface area contributed by atoms with Crippen molar-refractivity contribution in [3.05, 3.63) is 64.4 Å². The minimum absolute atomic E-state index is 0.227. The molecule has 12 heteroatoms. The molecule has 1 aliphatic heterocycles. The molecule has 0 radical (unpaired) electrons. The van der Waals surface area contributed by atoms with Gasteiger partial charge in [0.15, 0.2) is 0 Å². The van der Waals surface area contributed by atoms with Crippen molar-refractivity contribution in [1.82, 2.24) is 29.4 Å². The van der Waals surface area contributed by atoms with Crippen molar-refractivity contribution in [2.75, 3.05) is 30.8 Å². The second-order valence-corrected chi connectivity index (χ2v) is 10.8. The number of hydrogen-bond donors (Lipinski definition) is 4. The number of hydrogen-bond acceptors (Lipinski definition) is 7. The molecule has 0 spiro atoms. The van der Waals surface area contributed by atoms with Crippen LogP contribution < -0.4 is 15.4 Å². The number of likely N-dealkylation sites (tertiary alicyclic amines) is 1. The maximum absolute atomic E-state index is 11.0. The maximum atomic E-state index is 11.0. The van der Waals surface area contributed by atoms with Crippen LogP contribution in [-0.4, -0.2) is 53.5 Å². The first-order valence-electron chi connectivity index (χ1n) is 12.0. The fourth-order valence-electron chi connectivity index (χ4n) is 4.65. The standard InChI is InChI=1S/C25H29BrN8O2S/c1-33-11-9-16(10-12-33)23-19-8-7-18(13-22(19)34(2)32-23)29-25-27-15-20(26)24(31-25)30-21-6-4-3-5-17(21)14-28-37(35)36/h3-8,13,15-16,28H,9-12,14H2,1-2H3,(H,35,36)(H2,27,29,30,31). The van der Waals surface area contributed by atoms with Gasteiger partial charge in [-0.25, -0.2) is 13.9 Å². The van der Waals surface area contributed by atoms with Gasteiger partial charge in [-0.05, 0) is 78.7 Å². The Morgan fingerprint density at radius 1 is 1.14 bits per heavy atom. The van der Waals surface area contributed by atoms with Gasteiger partial charge in [0.2, 0.25) is 17.2 Å². The first kappa shape index (κ1) is 25.7. The predicted octanol–water partition coefficient (Wildman–Crippen LogP) is 4.65. The first-order chi connectivity index (χ1) is 17.9. The van der Waals surface area contributed by atoms with Gasteiger partial charge in [0.25, 0.3) is 0 Å². The molecular weight excluding hydrogens is 556 g/mol. The lowest BCUT2D eigenvalue weighted by molar-refractivity contribution is 0.253. The van der Waals surface area contributed by atoms with Crippen LogP contribution in [0.1, 0.15) is 30.0 Å². The molecule has 3 heterocycles. The van der Waals surface area contributed by atoms with Crippen molar-refractivity contribution in [3.63, 3.8) is 0 Å². The number of piperidine rings is 1. The highest BCUT2D eigenvalue weighted by Gasteiger charge is 2.23. The zero-order valence-corrected chi connectivity index (χ0v) is 23.0. The number of halogens is 1. The molecule has 0 bridgehead atoms. The molecule has 4 aromatic rings. The van der Waals surface area contributed by atoms with E-state index in [4.69, 9.17) is 9.65 Å². The summed E-state index contributed by atoms with van der Waals surface area (Å²) in [5, 5.41) is 12.7. The molecule has 1 aliphatic rings. The molecule has 4 N–H and O–H groups in total. The third-order valence-electron chi connectivity index (χ3n) is 6.64. The molecule has 1 unspecified atom stereocenters. The van der Waals surface area contributed by atoms with E-state index < -0.39 is 11.3 Å². The van der Waals surface area contributed by atoms with Crippen LogP contribution in [0.2, 0.25) is 0 Å². The van der Waals surface area contributed by atoms with Crippen LogP contribution in [0.3, 0.4) is 0 Å². The van der Waals surface area contributed by atoms with Crippen LogP contribution in [0.15, 0.2) is 53.1 Å². The number of nitrogens with one attached hydrogen (secondary N) is 3. The van der Waals surface area contributed by atoms with Gasteiger partial charge in [-0.3, -0.25) is 9.23 Å². The van der Waals surface area contributed by atoms with E-state index in [2.05, 4.69) is 65.3 Å². The number of anilines is 4. The molecule has 1 atom stereocenters. The van der Waals surface area contributed by atoms with Crippen LogP contribution in [0.25, 0.3) is 10.9 Å². The molecule has 2 aromatic heterocycles. The summed E-state index contributed by atoms with van der Waals surface area (Å²) >= 11 is 1.42.